The Morgan fingerprint density at radius 2 is 1.84 bits per heavy atom. The monoisotopic (exact) mass is 576 g/mol. The molecule has 1 aromatic carbocycles. The minimum Gasteiger partial charge on any atom is -0.364 e. The molecule has 32 heavy (non-hydrogen) atoms. The van der Waals surface area contributed by atoms with Crippen molar-refractivity contribution in [3.05, 3.63) is 47.9 Å². The van der Waals surface area contributed by atoms with Gasteiger partial charge in [-0.3, -0.25) is 9.89 Å². The standard InChI is InChI=1S/C21H32N6O3S.HI/c1-21(2,3)25-31(28,29)19-8-6-5-7-17(19)15-23-20(22-4)27-12-10-26(11-13-27)16-18-9-14-30-24-18;/h5-9,14,25H,10-13,15-16H2,1-4H3,(H,22,23);1H. The normalized spacial score (nSPS) is 16.0. The van der Waals surface area contributed by atoms with Crippen LogP contribution in [0.25, 0.3) is 0 Å². The van der Waals surface area contributed by atoms with Gasteiger partial charge in [-0.1, -0.05) is 23.4 Å². The fourth-order valence-corrected chi connectivity index (χ4v) is 5.20. The largest absolute Gasteiger partial charge is 0.364 e. The van der Waals surface area contributed by atoms with E-state index in [1.54, 1.807) is 25.4 Å². The van der Waals surface area contributed by atoms with Gasteiger partial charge in [0.2, 0.25) is 10.0 Å². The highest BCUT2D eigenvalue weighted by Crippen LogP contribution is 2.18. The molecule has 0 spiro atoms. The SMILES string of the molecule is CN=C(NCc1ccccc1S(=O)(=O)NC(C)(C)C)N1CCN(Cc2ccon2)CC1.I. The van der Waals surface area contributed by atoms with Crippen LogP contribution in [0.1, 0.15) is 32.0 Å². The first-order valence-electron chi connectivity index (χ1n) is 10.4. The number of benzene rings is 1. The Labute approximate surface area is 207 Å². The number of rotatable bonds is 6. The summed E-state index contributed by atoms with van der Waals surface area (Å²) in [7, 11) is -1.88. The molecule has 1 aromatic heterocycles. The predicted molar refractivity (Wildman–Crippen MR) is 135 cm³/mol. The Morgan fingerprint density at radius 1 is 1.16 bits per heavy atom. The van der Waals surface area contributed by atoms with Gasteiger partial charge in [0.25, 0.3) is 0 Å². The van der Waals surface area contributed by atoms with Crippen LogP contribution in [0, 0.1) is 0 Å². The lowest BCUT2D eigenvalue weighted by Gasteiger charge is -2.36. The lowest BCUT2D eigenvalue weighted by Crippen LogP contribution is -2.52. The second-order valence-electron chi connectivity index (χ2n) is 8.62. The topological polar surface area (TPSA) is 103 Å². The highest BCUT2D eigenvalue weighted by molar-refractivity contribution is 14.0. The molecule has 0 bridgehead atoms. The van der Waals surface area contributed by atoms with E-state index < -0.39 is 15.6 Å². The first kappa shape index (κ1) is 26.6. The van der Waals surface area contributed by atoms with Crippen LogP contribution in [0.4, 0.5) is 0 Å². The van der Waals surface area contributed by atoms with Crippen LogP contribution in [0.5, 0.6) is 0 Å². The van der Waals surface area contributed by atoms with Gasteiger partial charge in [-0.25, -0.2) is 13.1 Å². The molecule has 3 rings (SSSR count). The lowest BCUT2D eigenvalue weighted by molar-refractivity contribution is 0.169. The third-order valence-electron chi connectivity index (χ3n) is 4.90. The number of nitrogens with zero attached hydrogens (tertiary/aromatic N) is 4. The molecular weight excluding hydrogens is 543 g/mol. The van der Waals surface area contributed by atoms with E-state index in [0.717, 1.165) is 44.4 Å². The van der Waals surface area contributed by atoms with Crippen molar-refractivity contribution in [2.24, 2.45) is 4.99 Å². The van der Waals surface area contributed by atoms with E-state index in [9.17, 15) is 8.42 Å². The average molecular weight is 577 g/mol. The van der Waals surface area contributed by atoms with Gasteiger partial charge in [0.05, 0.1) is 10.6 Å². The van der Waals surface area contributed by atoms with E-state index in [2.05, 4.69) is 30.0 Å². The van der Waals surface area contributed by atoms with Gasteiger partial charge in [0, 0.05) is 57.9 Å². The van der Waals surface area contributed by atoms with Crippen LogP contribution < -0.4 is 10.0 Å². The average Bonchev–Trinajstić information content (AvgIpc) is 3.21. The number of hydrogen-bond donors (Lipinski definition) is 2. The van der Waals surface area contributed by atoms with Gasteiger partial charge in [-0.05, 0) is 32.4 Å². The maximum atomic E-state index is 12.9. The quantitative estimate of drug-likeness (QED) is 0.309. The second-order valence-corrected chi connectivity index (χ2v) is 10.3. The molecule has 1 aliphatic heterocycles. The molecule has 9 nitrogen and oxygen atoms in total. The zero-order chi connectivity index (χ0) is 22.5. The Kier molecular flexibility index (Phi) is 9.49. The molecule has 0 radical (unpaired) electrons. The molecule has 2 aromatic rings. The van der Waals surface area contributed by atoms with E-state index in [-0.39, 0.29) is 28.9 Å². The summed E-state index contributed by atoms with van der Waals surface area (Å²) in [6.45, 7) is 10.0. The van der Waals surface area contributed by atoms with Crippen molar-refractivity contribution >= 4 is 40.0 Å². The van der Waals surface area contributed by atoms with E-state index in [1.165, 1.54) is 0 Å². The Balaban J connectivity index is 0.00000363. The predicted octanol–water partition coefficient (Wildman–Crippen LogP) is 2.26. The maximum Gasteiger partial charge on any atom is 0.241 e. The first-order valence-corrected chi connectivity index (χ1v) is 11.9. The van der Waals surface area contributed by atoms with Gasteiger partial charge in [-0.15, -0.1) is 24.0 Å². The van der Waals surface area contributed by atoms with Crippen molar-refractivity contribution < 1.29 is 12.9 Å². The highest BCUT2D eigenvalue weighted by atomic mass is 127. The van der Waals surface area contributed by atoms with Crippen molar-refractivity contribution in [1.29, 1.82) is 0 Å². The van der Waals surface area contributed by atoms with Gasteiger partial charge in [0.15, 0.2) is 5.96 Å². The van der Waals surface area contributed by atoms with Crippen molar-refractivity contribution in [2.45, 2.75) is 44.3 Å². The maximum absolute atomic E-state index is 12.9. The summed E-state index contributed by atoms with van der Waals surface area (Å²) in [4.78, 5) is 9.19. The fraction of sp³-hybridized carbons (Fsp3) is 0.524. The number of piperazine rings is 1. The Hall–Kier alpha value is -1.70. The molecular formula is C21H33IN6O3S. The number of guanidine groups is 1. The highest BCUT2D eigenvalue weighted by Gasteiger charge is 2.25. The van der Waals surface area contributed by atoms with Crippen LogP contribution in [0.15, 0.2) is 51.0 Å². The molecule has 1 aliphatic rings. The zero-order valence-corrected chi connectivity index (χ0v) is 22.2. The minimum absolute atomic E-state index is 0. The Morgan fingerprint density at radius 3 is 2.44 bits per heavy atom. The third kappa shape index (κ3) is 7.42. The molecule has 2 N–H and O–H groups in total. The molecule has 2 heterocycles. The number of sulfonamides is 1. The molecule has 0 atom stereocenters. The van der Waals surface area contributed by atoms with Crippen LogP contribution in [0.2, 0.25) is 0 Å². The van der Waals surface area contributed by atoms with Crippen molar-refractivity contribution in [1.82, 2.24) is 25.0 Å². The fourth-order valence-electron chi connectivity index (χ4n) is 3.54. The summed E-state index contributed by atoms with van der Waals surface area (Å²) in [5, 5.41) is 7.30. The molecule has 1 saturated heterocycles. The summed E-state index contributed by atoms with van der Waals surface area (Å²) >= 11 is 0. The van der Waals surface area contributed by atoms with Crippen LogP contribution in [-0.4, -0.2) is 68.1 Å². The minimum atomic E-state index is -3.62. The molecule has 178 valence electrons. The molecule has 0 aliphatic carbocycles. The van der Waals surface area contributed by atoms with E-state index in [4.69, 9.17) is 4.52 Å². The summed E-state index contributed by atoms with van der Waals surface area (Å²) in [6.07, 6.45) is 1.59. The van der Waals surface area contributed by atoms with E-state index in [0.29, 0.717) is 12.1 Å². The number of halogens is 1. The molecule has 1 fully saturated rings. The van der Waals surface area contributed by atoms with Crippen molar-refractivity contribution in [2.75, 3.05) is 33.2 Å². The van der Waals surface area contributed by atoms with Gasteiger partial charge >= 0.3 is 0 Å². The zero-order valence-electron chi connectivity index (χ0n) is 19.0. The first-order chi connectivity index (χ1) is 14.7. The van der Waals surface area contributed by atoms with Crippen molar-refractivity contribution in [3.63, 3.8) is 0 Å². The van der Waals surface area contributed by atoms with Crippen LogP contribution in [0.3, 0.4) is 0 Å². The number of nitrogens with one attached hydrogen (secondary N) is 2. The second kappa shape index (κ2) is 11.4. The van der Waals surface area contributed by atoms with Crippen molar-refractivity contribution in [3.8, 4) is 0 Å². The summed E-state index contributed by atoms with van der Waals surface area (Å²) in [6, 6.07) is 8.93. The molecule has 0 amide bonds. The molecule has 0 unspecified atom stereocenters. The van der Waals surface area contributed by atoms with Crippen LogP contribution >= 0.6 is 24.0 Å². The summed E-state index contributed by atoms with van der Waals surface area (Å²) in [5.74, 6) is 0.761. The number of aromatic nitrogens is 1. The van der Waals surface area contributed by atoms with Gasteiger partial charge < -0.3 is 14.7 Å². The van der Waals surface area contributed by atoms with Gasteiger partial charge in [0.1, 0.15) is 6.26 Å². The Bertz CT molecular complexity index is 981. The smallest absolute Gasteiger partial charge is 0.241 e. The van der Waals surface area contributed by atoms with Gasteiger partial charge in [-0.2, -0.15) is 0 Å². The summed E-state index contributed by atoms with van der Waals surface area (Å²) in [5.41, 5.74) is 1.07. The third-order valence-corrected chi connectivity index (χ3v) is 6.76. The van der Waals surface area contributed by atoms with Crippen LogP contribution in [-0.2, 0) is 23.1 Å². The lowest BCUT2D eigenvalue weighted by atomic mass is 10.1. The number of aliphatic imine (C=N–C) groups is 1. The molecule has 0 saturated carbocycles. The summed E-state index contributed by atoms with van der Waals surface area (Å²) < 4.78 is 33.3. The van der Waals surface area contributed by atoms with E-state index in [1.807, 2.05) is 39.0 Å². The molecule has 11 heteroatoms. The van der Waals surface area contributed by atoms with E-state index >= 15 is 0 Å². The number of hydrogen-bond acceptors (Lipinski definition) is 6.